The van der Waals surface area contributed by atoms with Crippen molar-refractivity contribution in [2.45, 2.75) is 18.4 Å². The van der Waals surface area contributed by atoms with Gasteiger partial charge in [-0.2, -0.15) is 5.26 Å². The number of ether oxygens (including phenoxy) is 1. The second-order valence-corrected chi connectivity index (χ2v) is 8.33. The third-order valence-corrected chi connectivity index (χ3v) is 5.91. The van der Waals surface area contributed by atoms with Gasteiger partial charge in [-0.05, 0) is 25.0 Å². The lowest BCUT2D eigenvalue weighted by atomic mass is 9.92. The molecule has 2 N–H and O–H groups in total. The van der Waals surface area contributed by atoms with Crippen LogP contribution in [-0.4, -0.2) is 63.1 Å². The molecule has 0 aromatic heterocycles. The number of nitrogens with zero attached hydrogens (tertiary/aromatic N) is 2. The highest BCUT2D eigenvalue weighted by atomic mass is 32.2. The van der Waals surface area contributed by atoms with E-state index < -0.39 is 27.4 Å². The number of anilines is 1. The van der Waals surface area contributed by atoms with Gasteiger partial charge in [-0.15, -0.1) is 0 Å². The van der Waals surface area contributed by atoms with Gasteiger partial charge in [-0.1, -0.05) is 12.1 Å². The molecule has 1 aromatic carbocycles. The van der Waals surface area contributed by atoms with Crippen molar-refractivity contribution in [3.63, 3.8) is 0 Å². The molecule has 0 unspecified atom stereocenters. The Morgan fingerprint density at radius 3 is 2.44 bits per heavy atom. The third-order valence-electron chi connectivity index (χ3n) is 4.61. The van der Waals surface area contributed by atoms with Crippen molar-refractivity contribution in [2.24, 2.45) is 0 Å². The Morgan fingerprint density at radius 2 is 1.89 bits per heavy atom. The van der Waals surface area contributed by atoms with E-state index in [1.165, 1.54) is 23.5 Å². The van der Waals surface area contributed by atoms with E-state index in [2.05, 4.69) is 10.6 Å². The smallest absolute Gasteiger partial charge is 0.313 e. The number of hydrogen-bond donors (Lipinski definition) is 2. The first-order chi connectivity index (χ1) is 12.7. The molecule has 1 aliphatic rings. The summed E-state index contributed by atoms with van der Waals surface area (Å²) >= 11 is 0. The van der Waals surface area contributed by atoms with E-state index in [1.54, 1.807) is 12.1 Å². The second-order valence-electron chi connectivity index (χ2n) is 6.34. The Hall–Kier alpha value is -2.48. The summed E-state index contributed by atoms with van der Waals surface area (Å²) in [5, 5.41) is 14.0. The monoisotopic (exact) mass is 394 g/mol. The van der Waals surface area contributed by atoms with Crippen LogP contribution in [0.15, 0.2) is 24.3 Å². The number of nitrogens with one attached hydrogen (secondary N) is 2. The van der Waals surface area contributed by atoms with Gasteiger partial charge in [-0.25, -0.2) is 12.7 Å². The fourth-order valence-corrected chi connectivity index (χ4v) is 3.71. The maximum Gasteiger partial charge on any atom is 0.313 e. The number of piperidine rings is 1. The molecule has 0 radical (unpaired) electrons. The Balaban J connectivity index is 1.93. The molecule has 0 atom stereocenters. The maximum absolute atomic E-state index is 12.1. The maximum atomic E-state index is 12.1. The highest BCUT2D eigenvalue weighted by Gasteiger charge is 2.37. The molecule has 146 valence electrons. The number of methoxy groups -OCH3 is 1. The van der Waals surface area contributed by atoms with Gasteiger partial charge >= 0.3 is 11.8 Å². The number of nitriles is 1. The Morgan fingerprint density at radius 1 is 1.26 bits per heavy atom. The topological polar surface area (TPSA) is 129 Å². The SMILES string of the molecule is COC1(CNC(=O)C(=O)Nc2ccccc2C#N)CCN(S(C)(=O)=O)CC1. The van der Waals surface area contributed by atoms with Gasteiger partial charge in [0.2, 0.25) is 10.0 Å². The number of carbonyl (C=O) groups excluding carboxylic acids is 2. The van der Waals surface area contributed by atoms with E-state index in [9.17, 15) is 18.0 Å². The number of carbonyl (C=O) groups is 2. The van der Waals surface area contributed by atoms with Gasteiger partial charge in [0.25, 0.3) is 0 Å². The molecule has 1 saturated heterocycles. The lowest BCUT2D eigenvalue weighted by Crippen LogP contribution is -2.54. The Labute approximate surface area is 158 Å². The number of sulfonamides is 1. The lowest BCUT2D eigenvalue weighted by molar-refractivity contribution is -0.137. The molecule has 0 saturated carbocycles. The minimum absolute atomic E-state index is 0.0766. The van der Waals surface area contributed by atoms with Crippen LogP contribution in [0.2, 0.25) is 0 Å². The summed E-state index contributed by atoms with van der Waals surface area (Å²) in [6, 6.07) is 8.29. The molecule has 27 heavy (non-hydrogen) atoms. The molecular weight excluding hydrogens is 372 g/mol. The van der Waals surface area contributed by atoms with E-state index in [0.717, 1.165) is 6.26 Å². The number of hydrogen-bond acceptors (Lipinski definition) is 6. The molecule has 1 aliphatic heterocycles. The van der Waals surface area contributed by atoms with Crippen LogP contribution in [0.25, 0.3) is 0 Å². The van der Waals surface area contributed by atoms with Crippen LogP contribution >= 0.6 is 0 Å². The summed E-state index contributed by atoms with van der Waals surface area (Å²) < 4.78 is 30.1. The second kappa shape index (κ2) is 8.47. The highest BCUT2D eigenvalue weighted by molar-refractivity contribution is 7.88. The molecular formula is C17H22N4O5S. The van der Waals surface area contributed by atoms with Crippen molar-refractivity contribution < 1.29 is 22.7 Å². The zero-order valence-electron chi connectivity index (χ0n) is 15.2. The molecule has 1 aromatic rings. The van der Waals surface area contributed by atoms with E-state index in [4.69, 9.17) is 10.00 Å². The number of rotatable bonds is 5. The van der Waals surface area contributed by atoms with E-state index >= 15 is 0 Å². The fourth-order valence-electron chi connectivity index (χ4n) is 2.87. The minimum atomic E-state index is -3.27. The predicted octanol–water partition coefficient (Wildman–Crippen LogP) is 0.0536. The molecule has 0 aliphatic carbocycles. The van der Waals surface area contributed by atoms with Crippen LogP contribution in [0.1, 0.15) is 18.4 Å². The average Bonchev–Trinajstić information content (AvgIpc) is 2.66. The first-order valence-corrected chi connectivity index (χ1v) is 10.1. The van der Waals surface area contributed by atoms with Crippen LogP contribution in [0.3, 0.4) is 0 Å². The van der Waals surface area contributed by atoms with Crippen molar-refractivity contribution in [2.75, 3.05) is 38.3 Å². The molecule has 2 amide bonds. The quantitative estimate of drug-likeness (QED) is 0.679. The van der Waals surface area contributed by atoms with Gasteiger partial charge in [0.1, 0.15) is 6.07 Å². The Kier molecular flexibility index (Phi) is 6.54. The zero-order chi connectivity index (χ0) is 20.1. The lowest BCUT2D eigenvalue weighted by Gasteiger charge is -2.39. The summed E-state index contributed by atoms with van der Waals surface area (Å²) in [6.07, 6.45) is 1.95. The average molecular weight is 394 g/mol. The minimum Gasteiger partial charge on any atom is -0.376 e. The molecule has 1 heterocycles. The van der Waals surface area contributed by atoms with Crippen LogP contribution in [0.4, 0.5) is 5.69 Å². The summed E-state index contributed by atoms with van der Waals surface area (Å²) in [5.74, 6) is -1.75. The van der Waals surface area contributed by atoms with Gasteiger partial charge in [0, 0.05) is 26.7 Å². The molecule has 0 bridgehead atoms. The molecule has 10 heteroatoms. The standard InChI is InChI=1S/C17H22N4O5S/c1-26-17(7-9-21(10-8-17)27(2,24)25)12-19-15(22)16(23)20-14-6-4-3-5-13(14)11-18/h3-6H,7-10,12H2,1-2H3,(H,19,22)(H,20,23). The Bertz CT molecular complexity index is 854. The van der Waals surface area contributed by atoms with E-state index in [0.29, 0.717) is 12.8 Å². The largest absolute Gasteiger partial charge is 0.376 e. The first kappa shape index (κ1) is 20.8. The highest BCUT2D eigenvalue weighted by Crippen LogP contribution is 2.26. The predicted molar refractivity (Wildman–Crippen MR) is 98.2 cm³/mol. The number of benzene rings is 1. The summed E-state index contributed by atoms with van der Waals surface area (Å²) in [5.41, 5.74) is -0.231. The molecule has 2 rings (SSSR count). The summed E-state index contributed by atoms with van der Waals surface area (Å²) in [6.45, 7) is 0.641. The van der Waals surface area contributed by atoms with Crippen molar-refractivity contribution in [1.29, 1.82) is 5.26 Å². The number of para-hydroxylation sites is 1. The number of amides is 2. The van der Waals surface area contributed by atoms with Gasteiger partial charge in [0.05, 0.1) is 23.1 Å². The fraction of sp³-hybridized carbons (Fsp3) is 0.471. The summed E-state index contributed by atoms with van der Waals surface area (Å²) in [4.78, 5) is 24.2. The molecule has 9 nitrogen and oxygen atoms in total. The van der Waals surface area contributed by atoms with Crippen LogP contribution < -0.4 is 10.6 Å². The zero-order valence-corrected chi connectivity index (χ0v) is 16.0. The van der Waals surface area contributed by atoms with E-state index in [-0.39, 0.29) is 30.9 Å². The molecule has 1 fully saturated rings. The van der Waals surface area contributed by atoms with Crippen molar-refractivity contribution in [3.8, 4) is 6.07 Å². The van der Waals surface area contributed by atoms with Gasteiger partial charge < -0.3 is 15.4 Å². The van der Waals surface area contributed by atoms with Crippen molar-refractivity contribution in [3.05, 3.63) is 29.8 Å². The van der Waals surface area contributed by atoms with Gasteiger partial charge in [-0.3, -0.25) is 9.59 Å². The van der Waals surface area contributed by atoms with Crippen LogP contribution in [0.5, 0.6) is 0 Å². The third kappa shape index (κ3) is 5.26. The van der Waals surface area contributed by atoms with Gasteiger partial charge in [0.15, 0.2) is 0 Å². The summed E-state index contributed by atoms with van der Waals surface area (Å²) in [7, 11) is -1.78. The van der Waals surface area contributed by atoms with Crippen LogP contribution in [0, 0.1) is 11.3 Å². The van der Waals surface area contributed by atoms with E-state index in [1.807, 2.05) is 6.07 Å². The first-order valence-electron chi connectivity index (χ1n) is 8.29. The van der Waals surface area contributed by atoms with Crippen molar-refractivity contribution >= 4 is 27.5 Å². The molecule has 0 spiro atoms. The van der Waals surface area contributed by atoms with Crippen molar-refractivity contribution in [1.82, 2.24) is 9.62 Å². The van der Waals surface area contributed by atoms with Crippen LogP contribution in [-0.2, 0) is 24.3 Å². The normalized spacial score (nSPS) is 16.9.